The molecule has 0 radical (unpaired) electrons. The van der Waals surface area contributed by atoms with Crippen LogP contribution in [0.2, 0.25) is 0 Å². The summed E-state index contributed by atoms with van der Waals surface area (Å²) in [6.07, 6.45) is 0.350. The summed E-state index contributed by atoms with van der Waals surface area (Å²) in [6, 6.07) is 5.69. The summed E-state index contributed by atoms with van der Waals surface area (Å²) in [6.45, 7) is 1.57. The lowest BCUT2D eigenvalue weighted by molar-refractivity contribution is -0.146. The lowest BCUT2D eigenvalue weighted by Crippen LogP contribution is -2.57. The van der Waals surface area contributed by atoms with Crippen molar-refractivity contribution in [2.45, 2.75) is 54.9 Å². The van der Waals surface area contributed by atoms with E-state index in [1.807, 2.05) is 14.1 Å². The zero-order valence-corrected chi connectivity index (χ0v) is 21.0. The second-order valence-electron chi connectivity index (χ2n) is 9.09. The number of benzene rings is 1. The number of methoxy groups -OCH3 is 1. The number of ether oxygens (including phenoxy) is 3. The van der Waals surface area contributed by atoms with Gasteiger partial charge in [-0.15, -0.1) is 0 Å². The van der Waals surface area contributed by atoms with E-state index in [9.17, 15) is 18.3 Å². The number of β-amino-alcohol motifs (C(OH)–C–C–N with tert-alkyl or cyclic N) is 1. The Hall–Kier alpha value is -1.76. The van der Waals surface area contributed by atoms with Gasteiger partial charge in [0.15, 0.2) is 0 Å². The van der Waals surface area contributed by atoms with E-state index in [1.54, 1.807) is 12.1 Å². The number of nitrogens with one attached hydrogen (secondary N) is 1. The number of hydrogen-bond acceptors (Lipinski definition) is 8. The third-order valence-electron chi connectivity index (χ3n) is 6.12. The van der Waals surface area contributed by atoms with E-state index in [-0.39, 0.29) is 43.1 Å². The van der Waals surface area contributed by atoms with Gasteiger partial charge in [-0.05, 0) is 64.2 Å². The number of aliphatic hydroxyl groups is 1. The summed E-state index contributed by atoms with van der Waals surface area (Å²) in [5, 5.41) is 13.3. The summed E-state index contributed by atoms with van der Waals surface area (Å²) in [4.78, 5) is 14.5. The van der Waals surface area contributed by atoms with Gasteiger partial charge >= 0.3 is 0 Å². The lowest BCUT2D eigenvalue weighted by atomic mass is 9.96. The van der Waals surface area contributed by atoms with Crippen LogP contribution in [0.4, 0.5) is 0 Å². The minimum atomic E-state index is -3.89. The molecule has 2 aliphatic rings. The van der Waals surface area contributed by atoms with Gasteiger partial charge in [0.05, 0.1) is 56.0 Å². The molecule has 2 heterocycles. The second kappa shape index (κ2) is 12.3. The third kappa shape index (κ3) is 7.12. The van der Waals surface area contributed by atoms with E-state index in [0.717, 1.165) is 13.0 Å². The second-order valence-corrected chi connectivity index (χ2v) is 11.0. The molecule has 0 unspecified atom stereocenters. The molecule has 34 heavy (non-hydrogen) atoms. The molecule has 1 aromatic rings. The van der Waals surface area contributed by atoms with Gasteiger partial charge in [-0.25, -0.2) is 8.42 Å². The number of carbonyl (C=O) groups is 1. The average Bonchev–Trinajstić information content (AvgIpc) is 2.79. The standard InChI is InChI=1S/C23H37N3O7S/c1-25(2)12-4-11-24-23(28)13-19-7-10-21-22(33-19)16-32-15-17(27)14-26(21)34(29,30)20-8-5-18(31-3)6-9-20/h5-6,8-9,17,19,21-22,27H,4,7,10-16H2,1-3H3,(H,24,28)/t17-,19+,21-,22+/m1/s1. The van der Waals surface area contributed by atoms with E-state index in [0.29, 0.717) is 25.1 Å². The Bertz CT molecular complexity index is 894. The van der Waals surface area contributed by atoms with E-state index in [1.165, 1.54) is 23.5 Å². The summed E-state index contributed by atoms with van der Waals surface area (Å²) in [7, 11) is 1.60. The van der Waals surface area contributed by atoms with Crippen LogP contribution >= 0.6 is 0 Å². The third-order valence-corrected chi connectivity index (χ3v) is 8.02. The van der Waals surface area contributed by atoms with Crippen molar-refractivity contribution in [3.05, 3.63) is 24.3 Å². The van der Waals surface area contributed by atoms with Crippen molar-refractivity contribution in [2.75, 3.05) is 54.1 Å². The molecule has 11 heteroatoms. The van der Waals surface area contributed by atoms with Crippen LogP contribution in [0.3, 0.4) is 0 Å². The van der Waals surface area contributed by atoms with Crippen LogP contribution in [-0.4, -0.2) is 107 Å². The van der Waals surface area contributed by atoms with Crippen molar-refractivity contribution in [1.29, 1.82) is 0 Å². The predicted octanol–water partition coefficient (Wildman–Crippen LogP) is 0.451. The van der Waals surface area contributed by atoms with Gasteiger partial charge in [-0.3, -0.25) is 4.79 Å². The Morgan fingerprint density at radius 3 is 2.65 bits per heavy atom. The van der Waals surface area contributed by atoms with Gasteiger partial charge in [-0.2, -0.15) is 4.31 Å². The molecule has 2 fully saturated rings. The first-order valence-corrected chi connectivity index (χ1v) is 13.1. The molecule has 10 nitrogen and oxygen atoms in total. The average molecular weight is 500 g/mol. The molecule has 2 N–H and O–H groups in total. The summed E-state index contributed by atoms with van der Waals surface area (Å²) < 4.78 is 45.3. The molecular weight excluding hydrogens is 462 g/mol. The zero-order valence-electron chi connectivity index (χ0n) is 20.2. The first kappa shape index (κ1) is 26.8. The van der Waals surface area contributed by atoms with Crippen molar-refractivity contribution in [1.82, 2.24) is 14.5 Å². The number of rotatable bonds is 9. The quantitative estimate of drug-likeness (QED) is 0.471. The Labute approximate surface area is 202 Å². The molecule has 0 aliphatic carbocycles. The number of nitrogens with zero attached hydrogens (tertiary/aromatic N) is 2. The first-order valence-electron chi connectivity index (χ1n) is 11.7. The highest BCUT2D eigenvalue weighted by molar-refractivity contribution is 7.89. The van der Waals surface area contributed by atoms with Gasteiger partial charge < -0.3 is 29.5 Å². The Kier molecular flexibility index (Phi) is 9.69. The van der Waals surface area contributed by atoms with Gasteiger partial charge in [0, 0.05) is 13.1 Å². The van der Waals surface area contributed by atoms with Crippen molar-refractivity contribution >= 4 is 15.9 Å². The van der Waals surface area contributed by atoms with E-state index in [4.69, 9.17) is 14.2 Å². The smallest absolute Gasteiger partial charge is 0.243 e. The Balaban J connectivity index is 1.67. The fourth-order valence-electron chi connectivity index (χ4n) is 4.36. The molecule has 0 saturated carbocycles. The minimum absolute atomic E-state index is 0.0121. The molecular formula is C23H37N3O7S. The van der Waals surface area contributed by atoms with E-state index in [2.05, 4.69) is 10.2 Å². The fourth-order valence-corrected chi connectivity index (χ4v) is 6.07. The topological polar surface area (TPSA) is 118 Å². The molecule has 0 aromatic heterocycles. The van der Waals surface area contributed by atoms with Crippen molar-refractivity contribution < 1.29 is 32.5 Å². The van der Waals surface area contributed by atoms with Crippen LogP contribution in [0, 0.1) is 0 Å². The molecule has 1 amide bonds. The normalized spacial score (nSPS) is 26.4. The summed E-state index contributed by atoms with van der Waals surface area (Å²) in [5.41, 5.74) is 0. The van der Waals surface area contributed by atoms with Crippen LogP contribution in [0.25, 0.3) is 0 Å². The number of aliphatic hydroxyl groups excluding tert-OH is 1. The number of sulfonamides is 1. The Morgan fingerprint density at radius 1 is 1.24 bits per heavy atom. The minimum Gasteiger partial charge on any atom is -0.497 e. The molecule has 1 aromatic carbocycles. The van der Waals surface area contributed by atoms with Crippen molar-refractivity contribution in [3.8, 4) is 5.75 Å². The molecule has 3 rings (SSSR count). The van der Waals surface area contributed by atoms with E-state index < -0.39 is 28.3 Å². The summed E-state index contributed by atoms with van der Waals surface area (Å²) in [5.74, 6) is 0.480. The Morgan fingerprint density at radius 2 is 1.97 bits per heavy atom. The molecule has 4 atom stereocenters. The highest BCUT2D eigenvalue weighted by Crippen LogP contribution is 2.31. The van der Waals surface area contributed by atoms with Crippen LogP contribution in [0.5, 0.6) is 5.75 Å². The van der Waals surface area contributed by atoms with Crippen LogP contribution in [-0.2, 0) is 24.3 Å². The number of fused-ring (bicyclic) bond motifs is 1. The van der Waals surface area contributed by atoms with Gasteiger partial charge in [0.25, 0.3) is 0 Å². The summed E-state index contributed by atoms with van der Waals surface area (Å²) >= 11 is 0. The highest BCUT2D eigenvalue weighted by atomic mass is 32.2. The zero-order chi connectivity index (χ0) is 24.7. The van der Waals surface area contributed by atoms with Gasteiger partial charge in [0.2, 0.25) is 15.9 Å². The van der Waals surface area contributed by atoms with E-state index >= 15 is 0 Å². The molecule has 2 aliphatic heterocycles. The number of hydrogen-bond donors (Lipinski definition) is 2. The monoisotopic (exact) mass is 499 g/mol. The largest absolute Gasteiger partial charge is 0.497 e. The van der Waals surface area contributed by atoms with Crippen molar-refractivity contribution in [3.63, 3.8) is 0 Å². The maximum absolute atomic E-state index is 13.5. The van der Waals surface area contributed by atoms with Crippen LogP contribution in [0.1, 0.15) is 25.7 Å². The fraction of sp³-hybridized carbons (Fsp3) is 0.696. The molecule has 2 saturated heterocycles. The number of carbonyl (C=O) groups excluding carboxylic acids is 1. The SMILES string of the molecule is COc1ccc(S(=O)(=O)N2C[C@@H](O)COC[C@@H]3O[C@H](CC(=O)NCCCN(C)C)CC[C@H]32)cc1. The molecule has 0 spiro atoms. The van der Waals surface area contributed by atoms with Gasteiger partial charge in [0.1, 0.15) is 5.75 Å². The molecule has 192 valence electrons. The maximum Gasteiger partial charge on any atom is 0.243 e. The van der Waals surface area contributed by atoms with Gasteiger partial charge in [-0.1, -0.05) is 0 Å². The lowest BCUT2D eigenvalue weighted by Gasteiger charge is -2.43. The van der Waals surface area contributed by atoms with Crippen LogP contribution in [0.15, 0.2) is 29.2 Å². The molecule has 0 bridgehead atoms. The van der Waals surface area contributed by atoms with Crippen molar-refractivity contribution in [2.24, 2.45) is 0 Å². The maximum atomic E-state index is 13.5. The first-order chi connectivity index (χ1) is 16.2. The predicted molar refractivity (Wildman–Crippen MR) is 126 cm³/mol. The van der Waals surface area contributed by atoms with Crippen LogP contribution < -0.4 is 10.1 Å². The highest BCUT2D eigenvalue weighted by Gasteiger charge is 2.43. The number of amides is 1.